The van der Waals surface area contributed by atoms with E-state index >= 15 is 0 Å². The summed E-state index contributed by atoms with van der Waals surface area (Å²) in [6, 6.07) is 32.8. The maximum Gasteiger partial charge on any atom is 0.181 e. The van der Waals surface area contributed by atoms with E-state index in [0.29, 0.717) is 0 Å². The van der Waals surface area contributed by atoms with Gasteiger partial charge in [-0.15, -0.1) is 5.10 Å². The Bertz CT molecular complexity index is 1600. The molecule has 5 aromatic rings. The number of hydrogen-bond donors (Lipinski definition) is 0. The van der Waals surface area contributed by atoms with Gasteiger partial charge in [0.05, 0.1) is 12.3 Å². The van der Waals surface area contributed by atoms with Crippen molar-refractivity contribution in [3.63, 3.8) is 0 Å². The van der Waals surface area contributed by atoms with Crippen molar-refractivity contribution in [1.29, 1.82) is 0 Å². The third-order valence-electron chi connectivity index (χ3n) is 8.18. The van der Waals surface area contributed by atoms with Crippen LogP contribution in [-0.2, 0) is 12.8 Å². The average Bonchev–Trinajstić information content (AvgIpc) is 3.48. The minimum absolute atomic E-state index is 0.767. The molecule has 5 rings (SSSR count). The summed E-state index contributed by atoms with van der Waals surface area (Å²) in [4.78, 5) is 5.05. The van der Waals surface area contributed by atoms with Crippen molar-refractivity contribution in [3.05, 3.63) is 108 Å². The minimum Gasteiger partial charge on any atom is -0.494 e. The highest BCUT2D eigenvalue weighted by Crippen LogP contribution is 2.32. The Morgan fingerprint density at radius 2 is 1.23 bits per heavy atom. The molecule has 0 amide bonds. The number of benzene rings is 4. The zero-order valence-corrected chi connectivity index (χ0v) is 27.0. The van der Waals surface area contributed by atoms with Crippen LogP contribution in [0.4, 0.5) is 0 Å². The highest BCUT2D eigenvalue weighted by atomic mass is 16.5. The van der Waals surface area contributed by atoms with Gasteiger partial charge < -0.3 is 4.74 Å². The summed E-state index contributed by atoms with van der Waals surface area (Å²) in [5.74, 6) is 2.68. The van der Waals surface area contributed by atoms with Gasteiger partial charge in [0.25, 0.3) is 0 Å². The molecule has 4 heteroatoms. The van der Waals surface area contributed by atoms with Crippen LogP contribution in [0, 0.1) is 6.92 Å². The van der Waals surface area contributed by atoms with Crippen LogP contribution in [0.25, 0.3) is 39.3 Å². The van der Waals surface area contributed by atoms with Crippen LogP contribution in [0.1, 0.15) is 82.7 Å². The molecule has 0 saturated carbocycles. The molecule has 4 aromatic carbocycles. The molecule has 0 aliphatic heterocycles. The quantitative estimate of drug-likeness (QED) is 0.115. The van der Waals surface area contributed by atoms with E-state index in [1.54, 1.807) is 0 Å². The molecule has 0 N–H and O–H groups in total. The maximum absolute atomic E-state index is 6.03. The highest BCUT2D eigenvalue weighted by molar-refractivity contribution is 5.76. The Kier molecular flexibility index (Phi) is 11.0. The zero-order chi connectivity index (χ0) is 30.7. The van der Waals surface area contributed by atoms with Crippen LogP contribution in [0.15, 0.2) is 91.0 Å². The van der Waals surface area contributed by atoms with E-state index in [2.05, 4.69) is 123 Å². The van der Waals surface area contributed by atoms with Crippen LogP contribution in [-0.4, -0.2) is 21.4 Å². The molecular weight excluding hydrogens is 538 g/mol. The Morgan fingerprint density at radius 3 is 1.86 bits per heavy atom. The molecule has 0 saturated heterocycles. The zero-order valence-electron chi connectivity index (χ0n) is 27.0. The van der Waals surface area contributed by atoms with Gasteiger partial charge >= 0.3 is 0 Å². The van der Waals surface area contributed by atoms with Gasteiger partial charge in [-0.2, -0.15) is 0 Å². The normalized spacial score (nSPS) is 11.2. The fraction of sp³-hybridized carbons (Fsp3) is 0.350. The summed E-state index contributed by atoms with van der Waals surface area (Å²) in [6.07, 6.45) is 10.2. The molecule has 1 aromatic heterocycles. The van der Waals surface area contributed by atoms with Crippen molar-refractivity contribution in [2.45, 2.75) is 85.5 Å². The van der Waals surface area contributed by atoms with E-state index in [-0.39, 0.29) is 0 Å². The summed E-state index contributed by atoms with van der Waals surface area (Å²) in [7, 11) is 0. The van der Waals surface area contributed by atoms with E-state index in [1.807, 2.05) is 0 Å². The fourth-order valence-electron chi connectivity index (χ4n) is 5.54. The van der Waals surface area contributed by atoms with Gasteiger partial charge in [0.15, 0.2) is 5.82 Å². The molecule has 0 radical (unpaired) electrons. The molecule has 0 unspecified atom stereocenters. The predicted molar refractivity (Wildman–Crippen MR) is 185 cm³/mol. The van der Waals surface area contributed by atoms with E-state index < -0.39 is 0 Å². The lowest BCUT2D eigenvalue weighted by Gasteiger charge is -2.13. The summed E-state index contributed by atoms with van der Waals surface area (Å²) in [5.41, 5.74) is 9.34. The van der Waals surface area contributed by atoms with E-state index in [9.17, 15) is 0 Å². The van der Waals surface area contributed by atoms with Gasteiger partial charge in [0.2, 0.25) is 0 Å². The molecule has 0 spiro atoms. The van der Waals surface area contributed by atoms with Crippen molar-refractivity contribution in [2.24, 2.45) is 0 Å². The molecule has 0 bridgehead atoms. The van der Waals surface area contributed by atoms with Gasteiger partial charge in [-0.1, -0.05) is 113 Å². The lowest BCUT2D eigenvalue weighted by atomic mass is 9.97. The van der Waals surface area contributed by atoms with Crippen molar-refractivity contribution >= 4 is 0 Å². The first-order valence-corrected chi connectivity index (χ1v) is 16.6. The number of ether oxygens (including phenoxy) is 1. The Morgan fingerprint density at radius 1 is 0.591 bits per heavy atom. The first-order chi connectivity index (χ1) is 21.6. The fourth-order valence-corrected chi connectivity index (χ4v) is 5.54. The van der Waals surface area contributed by atoms with Crippen LogP contribution < -0.4 is 4.74 Å². The van der Waals surface area contributed by atoms with Gasteiger partial charge in [-0.25, -0.2) is 9.67 Å². The lowest BCUT2D eigenvalue weighted by Crippen LogP contribution is -2.04. The Hall–Kier alpha value is -4.18. The largest absolute Gasteiger partial charge is 0.494 e. The first-order valence-electron chi connectivity index (χ1n) is 16.6. The molecule has 44 heavy (non-hydrogen) atoms. The number of hydrogen-bond acceptors (Lipinski definition) is 3. The topological polar surface area (TPSA) is 39.9 Å². The Balaban J connectivity index is 1.50. The molecule has 0 fully saturated rings. The standard InChI is InChI=1S/C40H47N3O/c1-5-8-10-11-26-44-38-24-22-33(23-25-38)36-27-35(32-18-14-30(4)15-19-32)28-37(29-36)43-39(12-7-3)41-40(42-43)34-20-16-31(17-21-34)13-9-6-2/h14-25,27-29H,5-13,26H2,1-4H3. The van der Waals surface area contributed by atoms with Crippen molar-refractivity contribution < 1.29 is 4.74 Å². The lowest BCUT2D eigenvalue weighted by molar-refractivity contribution is 0.305. The number of nitrogens with zero attached hydrogens (tertiary/aromatic N) is 3. The summed E-state index contributed by atoms with van der Waals surface area (Å²) < 4.78 is 8.09. The second-order valence-corrected chi connectivity index (χ2v) is 11.9. The number of rotatable bonds is 15. The highest BCUT2D eigenvalue weighted by Gasteiger charge is 2.15. The monoisotopic (exact) mass is 585 g/mol. The van der Waals surface area contributed by atoms with Crippen LogP contribution >= 0.6 is 0 Å². The SMILES string of the molecule is CCCCCCOc1ccc(-c2cc(-c3ccc(C)cc3)cc(-n3nc(-c4ccc(CCCC)cc4)nc3CCC)c2)cc1. The molecular formula is C40H47N3O. The predicted octanol–water partition coefficient (Wildman–Crippen LogP) is 10.8. The average molecular weight is 586 g/mol. The minimum atomic E-state index is 0.767. The smallest absolute Gasteiger partial charge is 0.181 e. The molecule has 4 nitrogen and oxygen atoms in total. The third kappa shape index (κ3) is 8.05. The second-order valence-electron chi connectivity index (χ2n) is 11.9. The summed E-state index contributed by atoms with van der Waals surface area (Å²) in [6.45, 7) is 9.56. The molecule has 0 aliphatic carbocycles. The van der Waals surface area contributed by atoms with Gasteiger partial charge in [0.1, 0.15) is 11.6 Å². The number of unbranched alkanes of at least 4 members (excludes halogenated alkanes) is 4. The van der Waals surface area contributed by atoms with Gasteiger partial charge in [-0.3, -0.25) is 0 Å². The van der Waals surface area contributed by atoms with Gasteiger partial charge in [-0.05, 0) is 90.8 Å². The van der Waals surface area contributed by atoms with Crippen LogP contribution in [0.3, 0.4) is 0 Å². The molecule has 0 aliphatic rings. The second kappa shape index (κ2) is 15.5. The maximum atomic E-state index is 6.03. The van der Waals surface area contributed by atoms with E-state index in [0.717, 1.165) is 77.6 Å². The van der Waals surface area contributed by atoms with Crippen molar-refractivity contribution in [1.82, 2.24) is 14.8 Å². The first kappa shape index (κ1) is 31.3. The number of aromatic nitrogens is 3. The number of aryl methyl sites for hydroxylation is 3. The molecule has 1 heterocycles. The van der Waals surface area contributed by atoms with E-state index in [1.165, 1.54) is 48.8 Å². The third-order valence-corrected chi connectivity index (χ3v) is 8.18. The Labute approximate surface area is 264 Å². The van der Waals surface area contributed by atoms with Crippen molar-refractivity contribution in [2.75, 3.05) is 6.61 Å². The summed E-state index contributed by atoms with van der Waals surface area (Å²) in [5, 5.41) is 5.10. The molecule has 0 atom stereocenters. The van der Waals surface area contributed by atoms with Gasteiger partial charge in [0, 0.05) is 12.0 Å². The van der Waals surface area contributed by atoms with Crippen LogP contribution in [0.2, 0.25) is 0 Å². The molecule has 228 valence electrons. The van der Waals surface area contributed by atoms with Crippen molar-refractivity contribution in [3.8, 4) is 45.1 Å². The van der Waals surface area contributed by atoms with E-state index in [4.69, 9.17) is 14.8 Å². The summed E-state index contributed by atoms with van der Waals surface area (Å²) >= 11 is 0. The van der Waals surface area contributed by atoms with Crippen LogP contribution in [0.5, 0.6) is 5.75 Å².